The third-order valence-electron chi connectivity index (χ3n) is 5.33. The molecular weight excluding hydrogens is 434 g/mol. The lowest BCUT2D eigenvalue weighted by molar-refractivity contribution is 0.670. The number of hydrogen-bond donors (Lipinski definition) is 4. The maximum absolute atomic E-state index is 5.98. The maximum Gasteiger partial charge on any atom is 0.157 e. The highest BCUT2D eigenvalue weighted by molar-refractivity contribution is 7.18. The molecule has 0 radical (unpaired) electrons. The van der Waals surface area contributed by atoms with Crippen LogP contribution < -0.4 is 16.4 Å². The number of aromatic nitrogens is 6. The highest BCUT2D eigenvalue weighted by atomic mass is 32.1. The Morgan fingerprint density at radius 2 is 1.97 bits per heavy atom. The van der Waals surface area contributed by atoms with Gasteiger partial charge >= 0.3 is 0 Å². The summed E-state index contributed by atoms with van der Waals surface area (Å²) < 4.78 is 0. The first-order chi connectivity index (χ1) is 16.2. The molecule has 5 aromatic rings. The van der Waals surface area contributed by atoms with Gasteiger partial charge in [-0.1, -0.05) is 17.4 Å². The molecule has 0 amide bonds. The third-order valence-corrected chi connectivity index (χ3v) is 6.35. The minimum absolute atomic E-state index is 0.481. The summed E-state index contributed by atoms with van der Waals surface area (Å²) in [5.41, 5.74) is 11.5. The zero-order valence-electron chi connectivity index (χ0n) is 18.3. The lowest BCUT2D eigenvalue weighted by atomic mass is 10.2. The fraction of sp³-hybridized carbons (Fsp3) is 0.261. The van der Waals surface area contributed by atoms with E-state index in [1.165, 1.54) is 5.56 Å². The zero-order chi connectivity index (χ0) is 22.6. The van der Waals surface area contributed by atoms with E-state index in [0.717, 1.165) is 63.8 Å². The van der Waals surface area contributed by atoms with Gasteiger partial charge in [0.15, 0.2) is 5.82 Å². The highest BCUT2D eigenvalue weighted by Gasteiger charge is 2.11. The van der Waals surface area contributed by atoms with Crippen LogP contribution >= 0.6 is 11.3 Å². The number of anilines is 2. The standard InChI is InChI=1S/C23H25N9S/c1-14-4-5-16-17(11-14)31-19(30-16)6-9-25-10-7-20-32-21-22(28-13-29-23(21)33-20)27-12-18-15(24)3-2-8-26-18/h2-5,8,11,13,25H,6-7,9-10,12,24H2,1H3,(H,30,31)(H,27,28,29). The number of nitrogens with zero attached hydrogens (tertiary/aromatic N) is 5. The molecule has 1 aromatic carbocycles. The number of rotatable bonds is 9. The predicted octanol–water partition coefficient (Wildman–Crippen LogP) is 3.24. The summed E-state index contributed by atoms with van der Waals surface area (Å²) in [7, 11) is 0. The number of pyridine rings is 1. The minimum Gasteiger partial charge on any atom is -0.397 e. The summed E-state index contributed by atoms with van der Waals surface area (Å²) in [6.45, 7) is 4.25. The molecule has 0 unspecified atom stereocenters. The van der Waals surface area contributed by atoms with Crippen LogP contribution in [0.15, 0.2) is 42.9 Å². The van der Waals surface area contributed by atoms with Crippen LogP contribution in [0.5, 0.6) is 0 Å². The molecule has 0 aliphatic carbocycles. The molecule has 0 aliphatic rings. The fourth-order valence-corrected chi connectivity index (χ4v) is 4.52. The molecule has 168 valence electrons. The first-order valence-corrected chi connectivity index (χ1v) is 11.7. The van der Waals surface area contributed by atoms with Crippen molar-refractivity contribution in [2.75, 3.05) is 24.1 Å². The van der Waals surface area contributed by atoms with E-state index in [9.17, 15) is 0 Å². The summed E-state index contributed by atoms with van der Waals surface area (Å²) in [4.78, 5) is 26.7. The maximum atomic E-state index is 5.98. The number of nitrogens with one attached hydrogen (secondary N) is 3. The molecule has 0 spiro atoms. The first kappa shape index (κ1) is 21.2. The summed E-state index contributed by atoms with van der Waals surface area (Å²) in [6.07, 6.45) is 4.96. The van der Waals surface area contributed by atoms with Crippen molar-refractivity contribution < 1.29 is 0 Å². The van der Waals surface area contributed by atoms with Gasteiger partial charge in [-0.25, -0.2) is 19.9 Å². The minimum atomic E-state index is 0.481. The van der Waals surface area contributed by atoms with Crippen molar-refractivity contribution in [1.29, 1.82) is 0 Å². The van der Waals surface area contributed by atoms with Crippen molar-refractivity contribution in [3.05, 3.63) is 64.9 Å². The first-order valence-electron chi connectivity index (χ1n) is 10.9. The van der Waals surface area contributed by atoms with Gasteiger partial charge in [0.1, 0.15) is 22.5 Å². The average Bonchev–Trinajstić information content (AvgIpc) is 3.41. The number of hydrogen-bond acceptors (Lipinski definition) is 9. The van der Waals surface area contributed by atoms with E-state index in [1.807, 2.05) is 12.1 Å². The van der Waals surface area contributed by atoms with Crippen molar-refractivity contribution in [2.24, 2.45) is 0 Å². The van der Waals surface area contributed by atoms with Crippen LogP contribution in [0.3, 0.4) is 0 Å². The van der Waals surface area contributed by atoms with E-state index >= 15 is 0 Å². The van der Waals surface area contributed by atoms with E-state index in [0.29, 0.717) is 18.1 Å². The number of thiazole rings is 1. The van der Waals surface area contributed by atoms with Gasteiger partial charge in [0, 0.05) is 32.1 Å². The monoisotopic (exact) mass is 459 g/mol. The van der Waals surface area contributed by atoms with Crippen LogP contribution in [-0.4, -0.2) is 43.0 Å². The number of aryl methyl sites for hydroxylation is 1. The number of nitrogens with two attached hydrogens (primary N) is 1. The number of aromatic amines is 1. The Bertz CT molecular complexity index is 1390. The van der Waals surface area contributed by atoms with E-state index in [4.69, 9.17) is 10.7 Å². The van der Waals surface area contributed by atoms with E-state index in [-0.39, 0.29) is 0 Å². The molecule has 4 heterocycles. The van der Waals surface area contributed by atoms with E-state index in [2.05, 4.69) is 60.7 Å². The Labute approximate surface area is 194 Å². The van der Waals surface area contributed by atoms with Gasteiger partial charge in [0.25, 0.3) is 0 Å². The number of fused-ring (bicyclic) bond motifs is 2. The number of H-pyrrole nitrogens is 1. The van der Waals surface area contributed by atoms with Crippen LogP contribution in [0.1, 0.15) is 22.1 Å². The van der Waals surface area contributed by atoms with Crippen LogP contribution in [0.25, 0.3) is 21.4 Å². The lowest BCUT2D eigenvalue weighted by Gasteiger charge is -2.07. The number of imidazole rings is 1. The number of nitrogen functional groups attached to an aromatic ring is 1. The van der Waals surface area contributed by atoms with Crippen LogP contribution in [-0.2, 0) is 19.4 Å². The Morgan fingerprint density at radius 3 is 2.88 bits per heavy atom. The Morgan fingerprint density at radius 1 is 1.06 bits per heavy atom. The topological polar surface area (TPSA) is 130 Å². The molecule has 33 heavy (non-hydrogen) atoms. The van der Waals surface area contributed by atoms with Gasteiger partial charge in [0.05, 0.1) is 34.0 Å². The summed E-state index contributed by atoms with van der Waals surface area (Å²) in [5.74, 6) is 1.70. The van der Waals surface area contributed by atoms with Gasteiger partial charge in [0.2, 0.25) is 0 Å². The molecule has 0 atom stereocenters. The van der Waals surface area contributed by atoms with Gasteiger partial charge in [-0.05, 0) is 36.8 Å². The molecule has 9 nitrogen and oxygen atoms in total. The summed E-state index contributed by atoms with van der Waals surface area (Å²) in [5, 5.41) is 7.80. The van der Waals surface area contributed by atoms with Crippen molar-refractivity contribution in [3.63, 3.8) is 0 Å². The molecule has 0 fully saturated rings. The molecule has 0 aliphatic heterocycles. The van der Waals surface area contributed by atoms with Crippen LogP contribution in [0.4, 0.5) is 11.5 Å². The van der Waals surface area contributed by atoms with Crippen molar-refractivity contribution in [3.8, 4) is 0 Å². The highest BCUT2D eigenvalue weighted by Crippen LogP contribution is 2.25. The molecule has 10 heteroatoms. The normalized spacial score (nSPS) is 11.4. The molecule has 5 rings (SSSR count). The SMILES string of the molecule is Cc1ccc2nc(CCNCCc3nc4c(NCc5ncccc5N)ncnc4s3)[nH]c2c1. The average molecular weight is 460 g/mol. The molecule has 0 bridgehead atoms. The van der Waals surface area contributed by atoms with Crippen molar-refractivity contribution in [1.82, 2.24) is 35.2 Å². The van der Waals surface area contributed by atoms with Gasteiger partial charge in [-0.2, -0.15) is 0 Å². The Hall–Kier alpha value is -3.63. The molecule has 0 saturated carbocycles. The number of benzene rings is 1. The van der Waals surface area contributed by atoms with Crippen LogP contribution in [0, 0.1) is 6.92 Å². The quantitative estimate of drug-likeness (QED) is 0.247. The van der Waals surface area contributed by atoms with Gasteiger partial charge in [-0.15, -0.1) is 0 Å². The van der Waals surface area contributed by atoms with E-state index < -0.39 is 0 Å². The Balaban J connectivity index is 1.15. The smallest absolute Gasteiger partial charge is 0.157 e. The predicted molar refractivity (Wildman–Crippen MR) is 132 cm³/mol. The zero-order valence-corrected chi connectivity index (χ0v) is 19.1. The Kier molecular flexibility index (Phi) is 6.09. The largest absolute Gasteiger partial charge is 0.397 e. The molecule has 0 saturated heterocycles. The lowest BCUT2D eigenvalue weighted by Crippen LogP contribution is -2.20. The fourth-order valence-electron chi connectivity index (χ4n) is 3.62. The molecule has 5 N–H and O–H groups in total. The van der Waals surface area contributed by atoms with Crippen molar-refractivity contribution in [2.45, 2.75) is 26.3 Å². The van der Waals surface area contributed by atoms with E-state index in [1.54, 1.807) is 23.9 Å². The second-order valence-electron chi connectivity index (χ2n) is 7.83. The second kappa shape index (κ2) is 9.47. The second-order valence-corrected chi connectivity index (χ2v) is 8.89. The van der Waals surface area contributed by atoms with Gasteiger partial charge < -0.3 is 21.4 Å². The molecule has 4 aromatic heterocycles. The molecular formula is C23H25N9S. The van der Waals surface area contributed by atoms with Crippen molar-refractivity contribution >= 4 is 44.2 Å². The summed E-state index contributed by atoms with van der Waals surface area (Å²) in [6, 6.07) is 9.93. The summed E-state index contributed by atoms with van der Waals surface area (Å²) >= 11 is 1.59. The third kappa shape index (κ3) is 4.91. The van der Waals surface area contributed by atoms with Gasteiger partial charge in [-0.3, -0.25) is 4.98 Å². The van der Waals surface area contributed by atoms with Crippen LogP contribution in [0.2, 0.25) is 0 Å².